The fourth-order valence-electron chi connectivity index (χ4n) is 4.19. The van der Waals surface area contributed by atoms with Crippen molar-refractivity contribution in [1.29, 1.82) is 5.26 Å². The van der Waals surface area contributed by atoms with Crippen molar-refractivity contribution in [3.8, 4) is 6.07 Å². The number of nitrogens with zero attached hydrogens (tertiary/aromatic N) is 2. The van der Waals surface area contributed by atoms with E-state index in [1.807, 2.05) is 0 Å². The standard InChI is InChI=1S/C17H31N3/c1-3-14-6-8-16(9-7-14)20(2)12-10-15-5-4-11-17(15,19)13-18/h14-16H,3-12,19H2,1-2H3. The van der Waals surface area contributed by atoms with Crippen LogP contribution in [0.3, 0.4) is 0 Å². The summed E-state index contributed by atoms with van der Waals surface area (Å²) in [6.45, 7) is 3.42. The van der Waals surface area contributed by atoms with E-state index in [0.717, 1.165) is 44.2 Å². The molecule has 0 bridgehead atoms. The molecular weight excluding hydrogens is 246 g/mol. The summed E-state index contributed by atoms with van der Waals surface area (Å²) in [6, 6.07) is 3.12. The van der Waals surface area contributed by atoms with Gasteiger partial charge in [-0.15, -0.1) is 0 Å². The van der Waals surface area contributed by atoms with Crippen LogP contribution in [0, 0.1) is 23.2 Å². The van der Waals surface area contributed by atoms with Crippen molar-refractivity contribution in [2.45, 2.75) is 76.3 Å². The Bertz CT molecular complexity index is 341. The first-order valence-corrected chi connectivity index (χ1v) is 8.49. The average Bonchev–Trinajstić information content (AvgIpc) is 2.86. The molecule has 0 amide bonds. The summed E-state index contributed by atoms with van der Waals surface area (Å²) in [5.41, 5.74) is 5.68. The van der Waals surface area contributed by atoms with E-state index >= 15 is 0 Å². The molecule has 3 nitrogen and oxygen atoms in total. The molecule has 2 aliphatic rings. The first-order valence-electron chi connectivity index (χ1n) is 8.49. The lowest BCUT2D eigenvalue weighted by Gasteiger charge is -2.35. The molecule has 114 valence electrons. The van der Waals surface area contributed by atoms with E-state index in [4.69, 9.17) is 5.73 Å². The summed E-state index contributed by atoms with van der Waals surface area (Å²) >= 11 is 0. The van der Waals surface area contributed by atoms with Gasteiger partial charge < -0.3 is 10.6 Å². The van der Waals surface area contributed by atoms with Crippen molar-refractivity contribution in [3.05, 3.63) is 0 Å². The maximum absolute atomic E-state index is 9.28. The van der Waals surface area contributed by atoms with Crippen LogP contribution in [0.5, 0.6) is 0 Å². The fraction of sp³-hybridized carbons (Fsp3) is 0.941. The third-order valence-corrected chi connectivity index (χ3v) is 5.93. The van der Waals surface area contributed by atoms with Crippen molar-refractivity contribution in [1.82, 2.24) is 4.90 Å². The molecule has 0 saturated heterocycles. The van der Waals surface area contributed by atoms with Crippen LogP contribution < -0.4 is 5.73 Å². The molecule has 2 aliphatic carbocycles. The highest BCUT2D eigenvalue weighted by atomic mass is 15.1. The minimum Gasteiger partial charge on any atom is -0.313 e. The number of hydrogen-bond acceptors (Lipinski definition) is 3. The van der Waals surface area contributed by atoms with Gasteiger partial charge in [0.15, 0.2) is 0 Å². The van der Waals surface area contributed by atoms with Crippen LogP contribution in [0.1, 0.15) is 64.7 Å². The second kappa shape index (κ2) is 6.91. The van der Waals surface area contributed by atoms with Crippen LogP contribution >= 0.6 is 0 Å². The Morgan fingerprint density at radius 3 is 2.55 bits per heavy atom. The van der Waals surface area contributed by atoms with Gasteiger partial charge in [0.25, 0.3) is 0 Å². The van der Waals surface area contributed by atoms with Gasteiger partial charge in [-0.3, -0.25) is 0 Å². The molecule has 0 aromatic carbocycles. The lowest BCUT2D eigenvalue weighted by atomic mass is 9.83. The molecule has 2 saturated carbocycles. The third kappa shape index (κ3) is 3.54. The van der Waals surface area contributed by atoms with Crippen molar-refractivity contribution < 1.29 is 0 Å². The van der Waals surface area contributed by atoms with Crippen LogP contribution in [-0.4, -0.2) is 30.1 Å². The lowest BCUT2D eigenvalue weighted by Crippen LogP contribution is -2.44. The van der Waals surface area contributed by atoms with Gasteiger partial charge in [-0.2, -0.15) is 5.26 Å². The number of nitrogens with two attached hydrogens (primary N) is 1. The molecule has 2 N–H and O–H groups in total. The summed E-state index contributed by atoms with van der Waals surface area (Å²) in [7, 11) is 2.26. The van der Waals surface area contributed by atoms with E-state index in [9.17, 15) is 5.26 Å². The molecule has 0 aromatic rings. The largest absolute Gasteiger partial charge is 0.313 e. The van der Waals surface area contributed by atoms with Crippen LogP contribution in [-0.2, 0) is 0 Å². The van der Waals surface area contributed by atoms with Gasteiger partial charge in [-0.1, -0.05) is 19.8 Å². The summed E-state index contributed by atoms with van der Waals surface area (Å²) in [4.78, 5) is 2.53. The van der Waals surface area contributed by atoms with Gasteiger partial charge in [0.05, 0.1) is 6.07 Å². The summed E-state index contributed by atoms with van der Waals surface area (Å²) < 4.78 is 0. The second-order valence-corrected chi connectivity index (χ2v) is 7.09. The van der Waals surface area contributed by atoms with E-state index in [0.29, 0.717) is 5.92 Å². The molecule has 0 aromatic heterocycles. The molecule has 2 unspecified atom stereocenters. The van der Waals surface area contributed by atoms with Gasteiger partial charge >= 0.3 is 0 Å². The lowest BCUT2D eigenvalue weighted by molar-refractivity contribution is 0.152. The van der Waals surface area contributed by atoms with E-state index in [1.54, 1.807) is 0 Å². The van der Waals surface area contributed by atoms with Crippen LogP contribution in [0.25, 0.3) is 0 Å². The number of nitriles is 1. The fourth-order valence-corrected chi connectivity index (χ4v) is 4.19. The molecule has 0 spiro atoms. The maximum atomic E-state index is 9.28. The summed E-state index contributed by atoms with van der Waals surface area (Å²) in [5.74, 6) is 1.37. The van der Waals surface area contributed by atoms with Gasteiger partial charge in [0.2, 0.25) is 0 Å². The van der Waals surface area contributed by atoms with Gasteiger partial charge in [0.1, 0.15) is 5.54 Å². The minimum absolute atomic E-state index is 0.405. The monoisotopic (exact) mass is 277 g/mol. The molecule has 2 rings (SSSR count). The highest BCUT2D eigenvalue weighted by Crippen LogP contribution is 2.36. The minimum atomic E-state index is -0.541. The topological polar surface area (TPSA) is 53.0 Å². The Morgan fingerprint density at radius 1 is 1.25 bits per heavy atom. The number of hydrogen-bond donors (Lipinski definition) is 1. The van der Waals surface area contributed by atoms with Crippen molar-refractivity contribution >= 4 is 0 Å². The molecule has 0 radical (unpaired) electrons. The Balaban J connectivity index is 1.76. The highest BCUT2D eigenvalue weighted by Gasteiger charge is 2.39. The Labute approximate surface area is 124 Å². The normalized spacial score (nSPS) is 38.0. The van der Waals surface area contributed by atoms with Gasteiger partial charge in [-0.05, 0) is 70.4 Å². The second-order valence-electron chi connectivity index (χ2n) is 7.09. The molecule has 0 heterocycles. The maximum Gasteiger partial charge on any atom is 0.107 e. The van der Waals surface area contributed by atoms with Gasteiger partial charge in [-0.25, -0.2) is 0 Å². The summed E-state index contributed by atoms with van der Waals surface area (Å²) in [6.07, 6.45) is 11.1. The average molecular weight is 277 g/mol. The molecular formula is C17H31N3. The molecule has 0 aliphatic heterocycles. The first-order chi connectivity index (χ1) is 9.59. The Hall–Kier alpha value is -0.590. The van der Waals surface area contributed by atoms with Crippen molar-refractivity contribution in [2.75, 3.05) is 13.6 Å². The van der Waals surface area contributed by atoms with Crippen LogP contribution in [0.2, 0.25) is 0 Å². The highest BCUT2D eigenvalue weighted by molar-refractivity contribution is 5.12. The van der Waals surface area contributed by atoms with Crippen LogP contribution in [0.4, 0.5) is 0 Å². The Morgan fingerprint density at radius 2 is 1.95 bits per heavy atom. The first kappa shape index (κ1) is 15.8. The zero-order valence-electron chi connectivity index (χ0n) is 13.3. The smallest absolute Gasteiger partial charge is 0.107 e. The van der Waals surface area contributed by atoms with E-state index in [-0.39, 0.29) is 0 Å². The van der Waals surface area contributed by atoms with E-state index in [1.165, 1.54) is 32.1 Å². The van der Waals surface area contributed by atoms with Crippen molar-refractivity contribution in [2.24, 2.45) is 17.6 Å². The predicted octanol–water partition coefficient (Wildman–Crippen LogP) is 3.30. The predicted molar refractivity (Wildman–Crippen MR) is 83.2 cm³/mol. The van der Waals surface area contributed by atoms with Crippen molar-refractivity contribution in [3.63, 3.8) is 0 Å². The summed E-state index contributed by atoms with van der Waals surface area (Å²) in [5, 5.41) is 9.28. The molecule has 3 heteroatoms. The number of rotatable bonds is 5. The third-order valence-electron chi connectivity index (χ3n) is 5.93. The van der Waals surface area contributed by atoms with E-state index < -0.39 is 5.54 Å². The Kier molecular flexibility index (Phi) is 5.46. The SMILES string of the molecule is CCC1CCC(N(C)CCC2CCCC2(N)C#N)CC1. The molecule has 2 fully saturated rings. The van der Waals surface area contributed by atoms with E-state index in [2.05, 4.69) is 24.9 Å². The molecule has 2 atom stereocenters. The zero-order chi connectivity index (χ0) is 14.6. The molecule has 20 heavy (non-hydrogen) atoms. The quantitative estimate of drug-likeness (QED) is 0.839. The van der Waals surface area contributed by atoms with Gasteiger partial charge in [0, 0.05) is 6.04 Å². The van der Waals surface area contributed by atoms with Crippen LogP contribution in [0.15, 0.2) is 0 Å². The zero-order valence-corrected chi connectivity index (χ0v) is 13.3.